The van der Waals surface area contributed by atoms with Gasteiger partial charge in [0.2, 0.25) is 5.54 Å². The Kier molecular flexibility index (Phi) is 7.06. The molecule has 182 valence electrons. The Bertz CT molecular complexity index is 1060. The quantitative estimate of drug-likeness (QED) is 0.314. The summed E-state index contributed by atoms with van der Waals surface area (Å²) in [6.45, 7) is 5.31. The molecule has 0 aromatic heterocycles. The molecule has 0 unspecified atom stereocenters. The van der Waals surface area contributed by atoms with Crippen LogP contribution in [-0.4, -0.2) is 69.4 Å². The number of ketones is 1. The molecular weight excluding hydrogens is 464 g/mol. The number of ether oxygens (including phenoxy) is 2. The first-order valence-electron chi connectivity index (χ1n) is 10.5. The van der Waals surface area contributed by atoms with Crippen molar-refractivity contribution in [1.29, 1.82) is 0 Å². The third-order valence-corrected chi connectivity index (χ3v) is 6.69. The van der Waals surface area contributed by atoms with Crippen LogP contribution in [0.4, 0.5) is 0 Å². The molecule has 2 aliphatic rings. The van der Waals surface area contributed by atoms with E-state index < -0.39 is 52.5 Å². The molecule has 11 heteroatoms. The van der Waals surface area contributed by atoms with Crippen LogP contribution in [0.15, 0.2) is 41.6 Å². The van der Waals surface area contributed by atoms with Crippen molar-refractivity contribution in [3.8, 4) is 5.75 Å². The zero-order valence-electron chi connectivity index (χ0n) is 19.2. The molecule has 3 rings (SSSR count). The molecular formula is C23H26N2O8S. The number of Topliss-reactive ketones (excluding diaryl/α,β-unsaturated/α-hetero) is 1. The summed E-state index contributed by atoms with van der Waals surface area (Å²) in [5.41, 5.74) is -3.08. The van der Waals surface area contributed by atoms with Gasteiger partial charge in [-0.25, -0.2) is 4.79 Å². The van der Waals surface area contributed by atoms with E-state index in [1.807, 2.05) is 0 Å². The van der Waals surface area contributed by atoms with Crippen LogP contribution in [0, 0.1) is 5.41 Å². The van der Waals surface area contributed by atoms with E-state index in [1.54, 1.807) is 51.1 Å². The van der Waals surface area contributed by atoms with Crippen LogP contribution < -0.4 is 10.1 Å². The van der Waals surface area contributed by atoms with Gasteiger partial charge in [-0.2, -0.15) is 0 Å². The minimum atomic E-state index is -1.95. The second-order valence-corrected chi connectivity index (χ2v) is 9.98. The number of benzene rings is 1. The highest BCUT2D eigenvalue weighted by Crippen LogP contribution is 2.48. The van der Waals surface area contributed by atoms with Gasteiger partial charge in [-0.15, -0.1) is 11.8 Å². The number of aliphatic carboxylic acids is 1. The first-order chi connectivity index (χ1) is 15.9. The number of hydrogen-bond donors (Lipinski definition) is 2. The molecule has 2 amide bonds. The highest BCUT2D eigenvalue weighted by Gasteiger charge is 2.70. The number of hydrogen-bond acceptors (Lipinski definition) is 8. The summed E-state index contributed by atoms with van der Waals surface area (Å²) in [4.78, 5) is 63.9. The molecule has 0 radical (unpaired) electrons. The van der Waals surface area contributed by atoms with Gasteiger partial charge in [0.25, 0.3) is 11.8 Å². The number of amides is 2. The summed E-state index contributed by atoms with van der Waals surface area (Å²) >= 11 is 1.12. The maximum Gasteiger partial charge on any atom is 0.352 e. The number of thioether (sulfide) groups is 1. The Labute approximate surface area is 200 Å². The molecule has 0 bridgehead atoms. The molecule has 0 spiro atoms. The van der Waals surface area contributed by atoms with E-state index in [9.17, 15) is 29.1 Å². The average molecular weight is 491 g/mol. The molecule has 1 aromatic rings. The van der Waals surface area contributed by atoms with Crippen molar-refractivity contribution in [3.63, 3.8) is 0 Å². The van der Waals surface area contributed by atoms with Crippen molar-refractivity contribution < 1.29 is 38.6 Å². The molecule has 2 N–H and O–H groups in total. The number of esters is 1. The lowest BCUT2D eigenvalue weighted by Crippen LogP contribution is -2.84. The maximum absolute atomic E-state index is 13.5. The normalized spacial score (nSPS) is 21.8. The summed E-state index contributed by atoms with van der Waals surface area (Å²) in [5.74, 6) is -3.54. The minimum absolute atomic E-state index is 0.0961. The van der Waals surface area contributed by atoms with Gasteiger partial charge in [0, 0.05) is 23.7 Å². The zero-order chi connectivity index (χ0) is 25.3. The van der Waals surface area contributed by atoms with Crippen molar-refractivity contribution in [2.75, 3.05) is 19.0 Å². The van der Waals surface area contributed by atoms with E-state index in [0.717, 1.165) is 16.7 Å². The fraction of sp³-hybridized carbons (Fsp3) is 0.435. The van der Waals surface area contributed by atoms with Crippen LogP contribution >= 0.6 is 11.8 Å². The summed E-state index contributed by atoms with van der Waals surface area (Å²) in [7, 11) is 0. The Morgan fingerprint density at radius 2 is 1.85 bits per heavy atom. The zero-order valence-corrected chi connectivity index (χ0v) is 20.1. The number of β-lactam (4-membered cyclic amide) rings is 1. The number of carboxylic acids is 1. The highest BCUT2D eigenvalue weighted by molar-refractivity contribution is 8.00. The molecule has 2 atom stereocenters. The summed E-state index contributed by atoms with van der Waals surface area (Å²) in [6.07, 6.45) is 0. The SMILES string of the molecule is CC(=O)OCC1=C(C(=O)O)N2C(=O)[C@@](NC(=O)COc3ccccc3)(C(=O)C(C)(C)C)[C@H]2SC1. The molecule has 0 saturated carbocycles. The highest BCUT2D eigenvalue weighted by atomic mass is 32.2. The Hall–Kier alpha value is -3.34. The van der Waals surface area contributed by atoms with Gasteiger partial charge >= 0.3 is 11.9 Å². The van der Waals surface area contributed by atoms with Gasteiger partial charge in [-0.05, 0) is 12.1 Å². The van der Waals surface area contributed by atoms with Crippen LogP contribution in [0.3, 0.4) is 0 Å². The molecule has 1 aromatic carbocycles. The average Bonchev–Trinajstić information content (AvgIpc) is 2.78. The smallest absolute Gasteiger partial charge is 0.352 e. The summed E-state index contributed by atoms with van der Waals surface area (Å²) in [5, 5.41) is 11.4. The first-order valence-corrected chi connectivity index (χ1v) is 11.5. The van der Waals surface area contributed by atoms with Gasteiger partial charge < -0.3 is 19.9 Å². The predicted molar refractivity (Wildman–Crippen MR) is 122 cm³/mol. The van der Waals surface area contributed by atoms with Crippen LogP contribution in [0.1, 0.15) is 27.7 Å². The minimum Gasteiger partial charge on any atom is -0.484 e. The largest absolute Gasteiger partial charge is 0.484 e. The second-order valence-electron chi connectivity index (χ2n) is 8.91. The van der Waals surface area contributed by atoms with E-state index in [-0.39, 0.29) is 23.6 Å². The Morgan fingerprint density at radius 3 is 2.41 bits per heavy atom. The van der Waals surface area contributed by atoms with Crippen molar-refractivity contribution >= 4 is 41.3 Å². The van der Waals surface area contributed by atoms with E-state index >= 15 is 0 Å². The summed E-state index contributed by atoms with van der Waals surface area (Å²) in [6, 6.07) is 8.57. The molecule has 10 nitrogen and oxygen atoms in total. The second kappa shape index (κ2) is 9.49. The Balaban J connectivity index is 1.91. The molecule has 1 fully saturated rings. The van der Waals surface area contributed by atoms with E-state index in [0.29, 0.717) is 5.75 Å². The number of nitrogens with one attached hydrogen (secondary N) is 1. The third-order valence-electron chi connectivity index (χ3n) is 5.29. The van der Waals surface area contributed by atoms with Crippen molar-refractivity contribution in [2.24, 2.45) is 5.41 Å². The van der Waals surface area contributed by atoms with Gasteiger partial charge in [0.05, 0.1) is 0 Å². The van der Waals surface area contributed by atoms with Gasteiger partial charge in [-0.3, -0.25) is 24.1 Å². The molecule has 34 heavy (non-hydrogen) atoms. The molecule has 1 saturated heterocycles. The first kappa shape index (κ1) is 25.3. The number of rotatable bonds is 8. The van der Waals surface area contributed by atoms with E-state index in [2.05, 4.69) is 5.32 Å². The number of fused-ring (bicyclic) bond motifs is 1. The van der Waals surface area contributed by atoms with Crippen molar-refractivity contribution in [2.45, 2.75) is 38.6 Å². The fourth-order valence-corrected chi connectivity index (χ4v) is 5.26. The number of nitrogens with zero attached hydrogens (tertiary/aromatic N) is 1. The predicted octanol–water partition coefficient (Wildman–Crippen LogP) is 1.35. The van der Waals surface area contributed by atoms with Crippen LogP contribution in [0.25, 0.3) is 0 Å². The lowest BCUT2D eigenvalue weighted by Gasteiger charge is -2.57. The molecule has 2 heterocycles. The van der Waals surface area contributed by atoms with Gasteiger partial charge in [0.15, 0.2) is 12.4 Å². The lowest BCUT2D eigenvalue weighted by molar-refractivity contribution is -0.167. The number of carbonyl (C=O) groups excluding carboxylic acids is 4. The van der Waals surface area contributed by atoms with Crippen molar-refractivity contribution in [3.05, 3.63) is 41.6 Å². The van der Waals surface area contributed by atoms with Crippen LogP contribution in [-0.2, 0) is 28.7 Å². The van der Waals surface area contributed by atoms with Crippen LogP contribution in [0.5, 0.6) is 5.75 Å². The summed E-state index contributed by atoms with van der Waals surface area (Å²) < 4.78 is 10.4. The van der Waals surface area contributed by atoms with E-state index in [4.69, 9.17) is 9.47 Å². The van der Waals surface area contributed by atoms with Crippen LogP contribution in [0.2, 0.25) is 0 Å². The Morgan fingerprint density at radius 1 is 1.21 bits per heavy atom. The topological polar surface area (TPSA) is 139 Å². The number of carbonyl (C=O) groups is 5. The molecule has 0 aliphatic carbocycles. The lowest BCUT2D eigenvalue weighted by atomic mass is 9.72. The van der Waals surface area contributed by atoms with Gasteiger partial charge in [0.1, 0.15) is 23.4 Å². The monoisotopic (exact) mass is 490 g/mol. The number of para-hydroxylation sites is 1. The van der Waals surface area contributed by atoms with Crippen molar-refractivity contribution in [1.82, 2.24) is 10.2 Å². The fourth-order valence-electron chi connectivity index (χ4n) is 3.81. The third kappa shape index (κ3) is 4.65. The standard InChI is InChI=1S/C23H26N2O8S/c1-13(26)32-10-14-12-34-21-23(19(30)22(2,3)4,20(31)25(21)17(14)18(28)29)24-16(27)11-33-15-8-6-5-7-9-15/h5-9,21H,10-12H2,1-4H3,(H,24,27)(H,28,29)/t21-,23+/m1/s1. The van der Waals surface area contributed by atoms with E-state index in [1.165, 1.54) is 6.92 Å². The van der Waals surface area contributed by atoms with Gasteiger partial charge in [-0.1, -0.05) is 39.0 Å². The molecule has 2 aliphatic heterocycles. The maximum atomic E-state index is 13.5. The number of carboxylic acid groups (broad SMARTS) is 1.